The van der Waals surface area contributed by atoms with Crippen LogP contribution in [0.4, 0.5) is 0 Å². The van der Waals surface area contributed by atoms with Crippen LogP contribution in [-0.4, -0.2) is 40.0 Å². The topological polar surface area (TPSA) is 83.6 Å². The second-order valence-corrected chi connectivity index (χ2v) is 7.25. The van der Waals surface area contributed by atoms with Crippen LogP contribution in [0.15, 0.2) is 34.7 Å². The third-order valence-corrected chi connectivity index (χ3v) is 5.42. The van der Waals surface area contributed by atoms with Gasteiger partial charge in [0, 0.05) is 18.7 Å². The first-order valence-corrected chi connectivity index (χ1v) is 8.86. The Bertz CT molecular complexity index is 812. The van der Waals surface area contributed by atoms with Gasteiger partial charge in [0.1, 0.15) is 5.76 Å². The second-order valence-electron chi connectivity index (χ2n) is 7.25. The Hall–Kier alpha value is -2.63. The number of aryl methyl sites for hydroxylation is 1. The summed E-state index contributed by atoms with van der Waals surface area (Å²) < 4.78 is 5.71. The number of rotatable bonds is 5. The van der Waals surface area contributed by atoms with E-state index in [1.165, 1.54) is 0 Å². The van der Waals surface area contributed by atoms with Crippen molar-refractivity contribution in [1.29, 1.82) is 0 Å². The maximum Gasteiger partial charge on any atom is 0.311 e. The van der Waals surface area contributed by atoms with Crippen LogP contribution in [0.2, 0.25) is 0 Å². The van der Waals surface area contributed by atoms with E-state index in [0.717, 1.165) is 5.56 Å². The molecule has 6 nitrogen and oxygen atoms in total. The van der Waals surface area contributed by atoms with E-state index in [0.29, 0.717) is 30.3 Å². The number of benzene rings is 1. The van der Waals surface area contributed by atoms with E-state index < -0.39 is 11.4 Å². The Morgan fingerprint density at radius 1 is 1.31 bits per heavy atom. The quantitative estimate of drug-likeness (QED) is 0.890. The number of carbonyl (C=O) groups is 2. The minimum Gasteiger partial charge on any atom is -0.481 e. The molecule has 1 saturated heterocycles. The van der Waals surface area contributed by atoms with Gasteiger partial charge in [0.15, 0.2) is 0 Å². The lowest BCUT2D eigenvalue weighted by Gasteiger charge is -2.28. The highest BCUT2D eigenvalue weighted by atomic mass is 16.4. The predicted octanol–water partition coefficient (Wildman–Crippen LogP) is 3.15. The molecule has 1 aromatic heterocycles. The lowest BCUT2D eigenvalue weighted by Crippen LogP contribution is -2.41. The van der Waals surface area contributed by atoms with Crippen LogP contribution >= 0.6 is 0 Å². The molecule has 1 fully saturated rings. The van der Waals surface area contributed by atoms with E-state index in [2.05, 4.69) is 4.98 Å². The number of carbonyl (C=O) groups excluding carboxylic acids is 1. The molecule has 1 unspecified atom stereocenters. The summed E-state index contributed by atoms with van der Waals surface area (Å²) in [5, 5.41) is 9.63. The normalized spacial score (nSPS) is 19.9. The standard InChI is InChI=1S/C20H24N2O4/c1-13(2)20(19(24)25)9-10-22(12-20)17(23)11-16-14(3)26-18(21-16)15-7-5-4-6-8-15/h4-8,13H,9-12H2,1-3H3,(H,24,25). The Morgan fingerprint density at radius 2 is 2.00 bits per heavy atom. The zero-order valence-corrected chi connectivity index (χ0v) is 15.4. The number of aromatic nitrogens is 1. The Balaban J connectivity index is 1.73. The fourth-order valence-electron chi connectivity index (χ4n) is 3.49. The summed E-state index contributed by atoms with van der Waals surface area (Å²) in [5.41, 5.74) is 0.607. The number of carboxylic acids is 1. The number of carboxylic acid groups (broad SMARTS) is 1. The molecule has 1 aliphatic rings. The molecule has 1 amide bonds. The highest BCUT2D eigenvalue weighted by Gasteiger charge is 2.48. The number of hydrogen-bond acceptors (Lipinski definition) is 4. The largest absolute Gasteiger partial charge is 0.481 e. The first-order chi connectivity index (χ1) is 12.3. The summed E-state index contributed by atoms with van der Waals surface area (Å²) in [6.07, 6.45) is 0.606. The van der Waals surface area contributed by atoms with Crippen LogP contribution in [-0.2, 0) is 16.0 Å². The van der Waals surface area contributed by atoms with Crippen LogP contribution in [0.25, 0.3) is 11.5 Å². The molecule has 2 aromatic rings. The van der Waals surface area contributed by atoms with Gasteiger partial charge in [-0.2, -0.15) is 0 Å². The average molecular weight is 356 g/mol. The van der Waals surface area contributed by atoms with Crippen molar-refractivity contribution in [2.24, 2.45) is 11.3 Å². The molecule has 0 radical (unpaired) electrons. The summed E-state index contributed by atoms with van der Waals surface area (Å²) in [5.74, 6) is 0.145. The zero-order chi connectivity index (χ0) is 18.9. The highest BCUT2D eigenvalue weighted by Crippen LogP contribution is 2.38. The third kappa shape index (κ3) is 3.23. The van der Waals surface area contributed by atoms with Crippen LogP contribution in [0.3, 0.4) is 0 Å². The SMILES string of the molecule is Cc1oc(-c2ccccc2)nc1CC(=O)N1CCC(C(=O)O)(C(C)C)C1. The molecule has 1 atom stereocenters. The van der Waals surface area contributed by atoms with E-state index in [-0.39, 0.29) is 24.8 Å². The van der Waals surface area contributed by atoms with Gasteiger partial charge in [0.2, 0.25) is 11.8 Å². The van der Waals surface area contributed by atoms with E-state index in [4.69, 9.17) is 4.42 Å². The molecule has 0 bridgehead atoms. The van der Waals surface area contributed by atoms with Crippen molar-refractivity contribution in [2.45, 2.75) is 33.6 Å². The fraction of sp³-hybridized carbons (Fsp3) is 0.450. The first-order valence-electron chi connectivity index (χ1n) is 8.86. The molecule has 0 aliphatic carbocycles. The third-order valence-electron chi connectivity index (χ3n) is 5.42. The Morgan fingerprint density at radius 3 is 2.58 bits per heavy atom. The lowest BCUT2D eigenvalue weighted by molar-refractivity contribution is -0.151. The number of amides is 1. The van der Waals surface area contributed by atoms with Crippen molar-refractivity contribution in [3.8, 4) is 11.5 Å². The van der Waals surface area contributed by atoms with Gasteiger partial charge in [0.05, 0.1) is 17.5 Å². The maximum absolute atomic E-state index is 12.7. The van der Waals surface area contributed by atoms with Gasteiger partial charge >= 0.3 is 5.97 Å². The molecule has 26 heavy (non-hydrogen) atoms. The monoisotopic (exact) mass is 356 g/mol. The number of hydrogen-bond donors (Lipinski definition) is 1. The predicted molar refractivity (Wildman–Crippen MR) is 96.5 cm³/mol. The zero-order valence-electron chi connectivity index (χ0n) is 15.4. The minimum absolute atomic E-state index is 0.0312. The van der Waals surface area contributed by atoms with Crippen molar-refractivity contribution >= 4 is 11.9 Å². The average Bonchev–Trinajstić information content (AvgIpc) is 3.21. The van der Waals surface area contributed by atoms with Crippen LogP contribution < -0.4 is 0 Å². The van der Waals surface area contributed by atoms with Crippen molar-refractivity contribution in [2.75, 3.05) is 13.1 Å². The molecule has 3 rings (SSSR count). The summed E-state index contributed by atoms with van der Waals surface area (Å²) >= 11 is 0. The molecule has 6 heteroatoms. The summed E-state index contributed by atoms with van der Waals surface area (Å²) in [7, 11) is 0. The van der Waals surface area contributed by atoms with Crippen molar-refractivity contribution in [1.82, 2.24) is 9.88 Å². The van der Waals surface area contributed by atoms with Crippen molar-refractivity contribution < 1.29 is 19.1 Å². The molecular formula is C20H24N2O4. The molecule has 0 spiro atoms. The van der Waals surface area contributed by atoms with Crippen LogP contribution in [0, 0.1) is 18.3 Å². The van der Waals surface area contributed by atoms with Gasteiger partial charge in [-0.05, 0) is 31.4 Å². The number of nitrogens with zero attached hydrogens (tertiary/aromatic N) is 2. The molecule has 1 aliphatic heterocycles. The van der Waals surface area contributed by atoms with E-state index in [1.807, 2.05) is 44.2 Å². The minimum atomic E-state index is -0.857. The smallest absolute Gasteiger partial charge is 0.311 e. The summed E-state index contributed by atoms with van der Waals surface area (Å²) in [6.45, 7) is 6.31. The molecular weight excluding hydrogens is 332 g/mol. The molecule has 2 heterocycles. The van der Waals surface area contributed by atoms with Crippen LogP contribution in [0.5, 0.6) is 0 Å². The van der Waals surface area contributed by atoms with Gasteiger partial charge in [-0.3, -0.25) is 9.59 Å². The number of oxazole rings is 1. The van der Waals surface area contributed by atoms with E-state index in [1.54, 1.807) is 11.8 Å². The van der Waals surface area contributed by atoms with E-state index >= 15 is 0 Å². The highest BCUT2D eigenvalue weighted by molar-refractivity contribution is 5.82. The van der Waals surface area contributed by atoms with Gasteiger partial charge in [-0.15, -0.1) is 0 Å². The molecule has 0 saturated carbocycles. The number of aliphatic carboxylic acids is 1. The molecule has 1 N–H and O–H groups in total. The van der Waals surface area contributed by atoms with Gasteiger partial charge in [0.25, 0.3) is 0 Å². The Labute approximate surface area is 152 Å². The summed E-state index contributed by atoms with van der Waals surface area (Å²) in [6, 6.07) is 9.53. The maximum atomic E-state index is 12.7. The lowest BCUT2D eigenvalue weighted by atomic mass is 9.76. The van der Waals surface area contributed by atoms with Gasteiger partial charge < -0.3 is 14.4 Å². The van der Waals surface area contributed by atoms with Gasteiger partial charge in [-0.25, -0.2) is 4.98 Å². The first kappa shape index (κ1) is 18.2. The number of likely N-dealkylation sites (tertiary alicyclic amines) is 1. The molecule has 1 aromatic carbocycles. The van der Waals surface area contributed by atoms with Crippen molar-refractivity contribution in [3.05, 3.63) is 41.8 Å². The molecule has 138 valence electrons. The van der Waals surface area contributed by atoms with Crippen molar-refractivity contribution in [3.63, 3.8) is 0 Å². The fourth-order valence-corrected chi connectivity index (χ4v) is 3.49. The van der Waals surface area contributed by atoms with Gasteiger partial charge in [-0.1, -0.05) is 32.0 Å². The Kier molecular flexibility index (Phi) is 4.85. The second kappa shape index (κ2) is 6.94. The van der Waals surface area contributed by atoms with E-state index in [9.17, 15) is 14.7 Å². The summed E-state index contributed by atoms with van der Waals surface area (Å²) in [4.78, 5) is 30.5. The van der Waals surface area contributed by atoms with Crippen LogP contribution in [0.1, 0.15) is 31.7 Å².